The summed E-state index contributed by atoms with van der Waals surface area (Å²) in [5.74, 6) is 11.6. The number of nitriles is 1. The second-order valence-electron chi connectivity index (χ2n) is 13.7. The number of fused-ring (bicyclic) bond motifs is 3. The van der Waals surface area contributed by atoms with E-state index in [-0.39, 0.29) is 11.2 Å². The van der Waals surface area contributed by atoms with Gasteiger partial charge in [-0.2, -0.15) is 14.0 Å². The molecule has 7 heteroatoms. The molecule has 0 heterocycles. The number of halogens is 2. The van der Waals surface area contributed by atoms with E-state index in [0.717, 1.165) is 33.4 Å². The molecule has 0 fully saturated rings. The molecule has 3 unspecified atom stereocenters. The monoisotopic (exact) mass is 663 g/mol. The summed E-state index contributed by atoms with van der Waals surface area (Å²) in [6.07, 6.45) is -3.65. The van der Waals surface area contributed by atoms with Gasteiger partial charge in [0.15, 0.2) is 5.08 Å². The Kier molecular flexibility index (Phi) is 9.04. The number of hydrogen-bond donors (Lipinski definition) is 0. The van der Waals surface area contributed by atoms with Crippen LogP contribution in [0.4, 0.5) is 8.78 Å². The third-order valence-corrected chi connectivity index (χ3v) is 8.02. The van der Waals surface area contributed by atoms with Crippen molar-refractivity contribution in [3.8, 4) is 52.4 Å². The Morgan fingerprint density at radius 3 is 1.68 bits per heavy atom. The molecular weight excluding hydrogens is 626 g/mol. The highest BCUT2D eigenvalue weighted by Crippen LogP contribution is 2.56. The van der Waals surface area contributed by atoms with Gasteiger partial charge in [0.25, 0.3) is 0 Å². The first-order valence-corrected chi connectivity index (χ1v) is 16.4. The lowest BCUT2D eigenvalue weighted by Gasteiger charge is -2.34. The predicted octanol–water partition coefficient (Wildman–Crippen LogP) is 9.77. The number of alkyl halides is 2. The second-order valence-corrected chi connectivity index (χ2v) is 16.1. The van der Waals surface area contributed by atoms with E-state index in [2.05, 4.69) is 48.4 Å². The largest absolute Gasteiger partial charge is 0.468 e. The van der Waals surface area contributed by atoms with Crippen LogP contribution in [0.25, 0.3) is 11.1 Å². The molecule has 0 amide bonds. The second kappa shape index (κ2) is 12.4. The van der Waals surface area contributed by atoms with E-state index in [1.165, 1.54) is 0 Å². The summed E-state index contributed by atoms with van der Waals surface area (Å²) in [7, 11) is 5.30. The first-order chi connectivity index (χ1) is 21.9. The van der Waals surface area contributed by atoms with Crippen LogP contribution in [0, 0.1) is 45.8 Å². The Morgan fingerprint density at radius 2 is 1.13 bits per heavy atom. The van der Waals surface area contributed by atoms with E-state index < -0.39 is 22.0 Å². The van der Waals surface area contributed by atoms with Crippen molar-refractivity contribution in [3.05, 3.63) is 119 Å². The lowest BCUT2D eigenvalue weighted by Crippen LogP contribution is -2.29. The fraction of sp³-hybridized carbons (Fsp3) is 0.275. The summed E-state index contributed by atoms with van der Waals surface area (Å²) >= 11 is 0. The molecule has 238 valence electrons. The highest BCUT2D eigenvalue weighted by atomic mass is 31.1. The van der Waals surface area contributed by atoms with Gasteiger partial charge in [-0.05, 0) is 117 Å². The average Bonchev–Trinajstić information content (AvgIpc) is 3.29. The molecule has 47 heavy (non-hydrogen) atoms. The van der Waals surface area contributed by atoms with Crippen molar-refractivity contribution in [1.82, 2.24) is 0 Å². The predicted molar refractivity (Wildman–Crippen MR) is 191 cm³/mol. The van der Waals surface area contributed by atoms with E-state index in [4.69, 9.17) is 9.47 Å². The standard InChI is InChI=1S/C40H37F2NO2P2/c1-36(2,3)21-23-38(41,42)44-30-16-12-28(13-17-30)40(29-14-18-31(19-15-29)45-39(46,47)24-22-37(4,5)6)34-10-8-7-9-32(34)33-25-27(26-43)11-20-35(33)40/h7-20,25H,46-47H2,1-6H3. The van der Waals surface area contributed by atoms with Crippen molar-refractivity contribution in [3.63, 3.8) is 0 Å². The number of benzene rings is 4. The summed E-state index contributed by atoms with van der Waals surface area (Å²) < 4.78 is 40.6. The van der Waals surface area contributed by atoms with Gasteiger partial charge in [-0.15, -0.1) is 0 Å². The van der Waals surface area contributed by atoms with Crippen molar-refractivity contribution in [2.75, 3.05) is 0 Å². The molecule has 0 saturated heterocycles. The minimum Gasteiger partial charge on any atom is -0.468 e. The van der Waals surface area contributed by atoms with E-state index in [1.54, 1.807) is 32.9 Å². The van der Waals surface area contributed by atoms with Crippen LogP contribution in [0.15, 0.2) is 91.0 Å². The molecule has 0 aliphatic heterocycles. The maximum absolute atomic E-state index is 14.7. The van der Waals surface area contributed by atoms with Gasteiger partial charge < -0.3 is 9.47 Å². The van der Waals surface area contributed by atoms with E-state index in [0.29, 0.717) is 11.3 Å². The van der Waals surface area contributed by atoms with Gasteiger partial charge in [-0.25, -0.2) is 0 Å². The summed E-state index contributed by atoms with van der Waals surface area (Å²) in [5.41, 5.74) is 4.67. The molecule has 0 N–H and O–H groups in total. The van der Waals surface area contributed by atoms with Crippen molar-refractivity contribution < 1.29 is 18.3 Å². The molecule has 4 aromatic carbocycles. The minimum atomic E-state index is -3.65. The molecule has 1 aliphatic rings. The van der Waals surface area contributed by atoms with Crippen LogP contribution in [-0.2, 0) is 5.41 Å². The summed E-state index contributed by atoms with van der Waals surface area (Å²) in [6.45, 7) is 11.4. The van der Waals surface area contributed by atoms with E-state index in [1.807, 2.05) is 99.5 Å². The highest BCUT2D eigenvalue weighted by Gasteiger charge is 2.46. The summed E-state index contributed by atoms with van der Waals surface area (Å²) in [6, 6.07) is 30.6. The smallest absolute Gasteiger partial charge is 0.468 e. The Labute approximate surface area is 281 Å². The van der Waals surface area contributed by atoms with Crippen LogP contribution < -0.4 is 9.47 Å². The third kappa shape index (κ3) is 7.53. The quantitative estimate of drug-likeness (QED) is 0.134. The molecule has 3 atom stereocenters. The lowest BCUT2D eigenvalue weighted by molar-refractivity contribution is -0.122. The molecule has 4 aromatic rings. The lowest BCUT2D eigenvalue weighted by atomic mass is 9.67. The summed E-state index contributed by atoms with van der Waals surface area (Å²) in [4.78, 5) is 0. The van der Waals surface area contributed by atoms with Gasteiger partial charge in [0.2, 0.25) is 0 Å². The number of ether oxygens (including phenoxy) is 2. The van der Waals surface area contributed by atoms with Gasteiger partial charge in [-0.1, -0.05) is 84.9 Å². The van der Waals surface area contributed by atoms with Gasteiger partial charge in [0, 0.05) is 16.8 Å². The number of rotatable bonds is 6. The topological polar surface area (TPSA) is 42.2 Å². The molecular formula is C40H37F2NO2P2. The van der Waals surface area contributed by atoms with Crippen molar-refractivity contribution in [2.45, 2.75) is 58.1 Å². The van der Waals surface area contributed by atoms with Crippen molar-refractivity contribution in [2.24, 2.45) is 10.8 Å². The Bertz CT molecular complexity index is 1880. The molecule has 5 rings (SSSR count). The van der Waals surface area contributed by atoms with Gasteiger partial charge in [0.05, 0.1) is 17.0 Å². The first kappa shape index (κ1) is 34.2. The Balaban J connectivity index is 1.63. The van der Waals surface area contributed by atoms with Crippen LogP contribution in [0.3, 0.4) is 0 Å². The molecule has 0 aromatic heterocycles. The maximum atomic E-state index is 14.7. The number of hydrogen-bond acceptors (Lipinski definition) is 3. The zero-order chi connectivity index (χ0) is 34.3. The zero-order valence-electron chi connectivity index (χ0n) is 27.3. The first-order valence-electron chi connectivity index (χ1n) is 15.2. The van der Waals surface area contributed by atoms with Crippen molar-refractivity contribution in [1.29, 1.82) is 5.26 Å². The number of nitrogens with zero attached hydrogens (tertiary/aromatic N) is 1. The van der Waals surface area contributed by atoms with E-state index >= 15 is 0 Å². The Morgan fingerprint density at radius 1 is 0.617 bits per heavy atom. The molecule has 1 aliphatic carbocycles. The summed E-state index contributed by atoms with van der Waals surface area (Å²) in [5, 5.41) is 8.86. The normalized spacial score (nSPS) is 15.6. The van der Waals surface area contributed by atoms with Crippen LogP contribution >= 0.6 is 18.5 Å². The van der Waals surface area contributed by atoms with Gasteiger partial charge >= 0.3 is 6.11 Å². The fourth-order valence-electron chi connectivity index (χ4n) is 5.63. The molecule has 3 nitrogen and oxygen atoms in total. The minimum absolute atomic E-state index is 0.000730. The maximum Gasteiger partial charge on any atom is 0.468 e. The van der Waals surface area contributed by atoms with Crippen LogP contribution in [0.1, 0.15) is 69.4 Å². The average molecular weight is 664 g/mol. The van der Waals surface area contributed by atoms with Gasteiger partial charge in [-0.3, -0.25) is 0 Å². The highest BCUT2D eigenvalue weighted by molar-refractivity contribution is 7.40. The van der Waals surface area contributed by atoms with Gasteiger partial charge in [0.1, 0.15) is 11.5 Å². The van der Waals surface area contributed by atoms with E-state index in [9.17, 15) is 14.0 Å². The van der Waals surface area contributed by atoms with Crippen molar-refractivity contribution >= 4 is 18.5 Å². The molecule has 0 radical (unpaired) electrons. The Hall–Kier alpha value is -4.19. The SMILES string of the molecule is CC(C)(C)C#CC(F)(F)Oc1ccc(C2(c3ccc(OC(P)(P)C#CC(C)(C)C)cc3)c3ccccc3-c3cc(C#N)ccc32)cc1. The molecule has 0 saturated carbocycles. The van der Waals surface area contributed by atoms with Crippen LogP contribution in [0.2, 0.25) is 0 Å². The molecule has 0 bridgehead atoms. The zero-order valence-corrected chi connectivity index (χ0v) is 29.6. The van der Waals surface area contributed by atoms with Crippen LogP contribution in [0.5, 0.6) is 11.5 Å². The van der Waals surface area contributed by atoms with Crippen LogP contribution in [-0.4, -0.2) is 11.2 Å². The fourth-order valence-corrected chi connectivity index (χ4v) is 6.04. The molecule has 0 spiro atoms. The third-order valence-electron chi connectivity index (χ3n) is 7.50.